The highest BCUT2D eigenvalue weighted by molar-refractivity contribution is 7.71. The van der Waals surface area contributed by atoms with E-state index >= 15 is 0 Å². The van der Waals surface area contributed by atoms with E-state index in [1.807, 2.05) is 50.5 Å². The molecule has 0 spiro atoms. The minimum absolute atomic E-state index is 0.0354. The highest BCUT2D eigenvalue weighted by atomic mass is 32.1. The highest BCUT2D eigenvalue weighted by Gasteiger charge is 2.21. The summed E-state index contributed by atoms with van der Waals surface area (Å²) in [7, 11) is 3.86. The van der Waals surface area contributed by atoms with Gasteiger partial charge in [0.1, 0.15) is 5.82 Å². The van der Waals surface area contributed by atoms with Crippen molar-refractivity contribution < 1.29 is 4.39 Å². The maximum absolute atomic E-state index is 14.3. The van der Waals surface area contributed by atoms with Gasteiger partial charge in [0.15, 0.2) is 10.6 Å². The van der Waals surface area contributed by atoms with E-state index in [-0.39, 0.29) is 11.9 Å². The Morgan fingerprint density at radius 1 is 0.900 bits per heavy atom. The van der Waals surface area contributed by atoms with Crippen LogP contribution in [0.25, 0.3) is 11.4 Å². The van der Waals surface area contributed by atoms with E-state index in [2.05, 4.69) is 34.3 Å². The van der Waals surface area contributed by atoms with Crippen LogP contribution in [0.5, 0.6) is 0 Å². The van der Waals surface area contributed by atoms with Crippen LogP contribution >= 0.6 is 12.2 Å². The van der Waals surface area contributed by atoms with Gasteiger partial charge in [-0.15, -0.1) is 0 Å². The monoisotopic (exact) mass is 418 g/mol. The molecule has 6 heteroatoms. The smallest absolute Gasteiger partial charge is 0.199 e. The second kappa shape index (κ2) is 8.73. The van der Waals surface area contributed by atoms with Crippen LogP contribution in [0, 0.1) is 10.6 Å². The number of nitrogens with zero attached hydrogens (tertiary/aromatic N) is 4. The average Bonchev–Trinajstić information content (AvgIpc) is 3.04. The zero-order chi connectivity index (χ0) is 21.1. The van der Waals surface area contributed by atoms with Crippen LogP contribution < -0.4 is 0 Å². The standard InChI is InChI=1S/C24H23FN4S/c1-27(22(18-11-5-3-6-12-18)19-13-7-4-8-14-19)17-29-24(30)28(2)23(26-29)20-15-9-10-16-21(20)25/h3-16,22H,17H2,1-2H3. The van der Waals surface area contributed by atoms with E-state index in [1.54, 1.807) is 27.4 Å². The van der Waals surface area contributed by atoms with Crippen LogP contribution in [0.3, 0.4) is 0 Å². The van der Waals surface area contributed by atoms with E-state index in [1.165, 1.54) is 17.2 Å². The van der Waals surface area contributed by atoms with Crippen LogP contribution in [0.15, 0.2) is 84.9 Å². The zero-order valence-electron chi connectivity index (χ0n) is 16.9. The van der Waals surface area contributed by atoms with Crippen molar-refractivity contribution in [3.05, 3.63) is 107 Å². The first kappa shape index (κ1) is 20.2. The number of benzene rings is 3. The number of rotatable bonds is 6. The Hall–Kier alpha value is -3.09. The Kier molecular flexibility index (Phi) is 5.88. The summed E-state index contributed by atoms with van der Waals surface area (Å²) in [5, 5.41) is 4.64. The minimum atomic E-state index is -0.312. The molecule has 0 saturated heterocycles. The Morgan fingerprint density at radius 3 is 2.00 bits per heavy atom. The summed E-state index contributed by atoms with van der Waals surface area (Å²) in [5.74, 6) is 0.204. The zero-order valence-corrected chi connectivity index (χ0v) is 17.8. The van der Waals surface area contributed by atoms with Crippen LogP contribution in [-0.2, 0) is 13.7 Å². The molecule has 4 aromatic rings. The molecular weight excluding hydrogens is 395 g/mol. The van der Waals surface area contributed by atoms with Crippen LogP contribution in [-0.4, -0.2) is 26.3 Å². The first-order chi connectivity index (χ1) is 14.6. The van der Waals surface area contributed by atoms with E-state index in [0.29, 0.717) is 22.8 Å². The molecule has 0 aliphatic carbocycles. The Morgan fingerprint density at radius 2 is 1.43 bits per heavy atom. The Balaban J connectivity index is 1.70. The lowest BCUT2D eigenvalue weighted by Crippen LogP contribution is -2.28. The van der Waals surface area contributed by atoms with Gasteiger partial charge in [-0.05, 0) is 42.5 Å². The van der Waals surface area contributed by atoms with Crippen LogP contribution in [0.1, 0.15) is 17.2 Å². The van der Waals surface area contributed by atoms with Gasteiger partial charge < -0.3 is 4.57 Å². The summed E-state index contributed by atoms with van der Waals surface area (Å²) in [6.45, 7) is 0.468. The largest absolute Gasteiger partial charge is 0.303 e. The first-order valence-electron chi connectivity index (χ1n) is 9.75. The van der Waals surface area contributed by atoms with Crippen molar-refractivity contribution in [1.29, 1.82) is 0 Å². The molecule has 1 heterocycles. The van der Waals surface area contributed by atoms with E-state index in [0.717, 1.165) is 0 Å². The van der Waals surface area contributed by atoms with Crippen molar-refractivity contribution >= 4 is 12.2 Å². The van der Waals surface area contributed by atoms with Crippen molar-refractivity contribution in [3.63, 3.8) is 0 Å². The molecular formula is C24H23FN4S. The number of hydrogen-bond donors (Lipinski definition) is 0. The van der Waals surface area contributed by atoms with Gasteiger partial charge in [0.25, 0.3) is 0 Å². The van der Waals surface area contributed by atoms with Crippen LogP contribution in [0.2, 0.25) is 0 Å². The van der Waals surface area contributed by atoms with Gasteiger partial charge in [0.2, 0.25) is 0 Å². The van der Waals surface area contributed by atoms with Gasteiger partial charge in [-0.3, -0.25) is 4.90 Å². The lowest BCUT2D eigenvalue weighted by atomic mass is 9.98. The van der Waals surface area contributed by atoms with Gasteiger partial charge in [-0.2, -0.15) is 5.10 Å². The Bertz CT molecular complexity index is 1150. The average molecular weight is 419 g/mol. The SMILES string of the molecule is CN(Cn1nc(-c2ccccc2F)n(C)c1=S)C(c1ccccc1)c1ccccc1. The number of hydrogen-bond acceptors (Lipinski definition) is 3. The van der Waals surface area contributed by atoms with Crippen molar-refractivity contribution in [3.8, 4) is 11.4 Å². The van der Waals surface area contributed by atoms with Gasteiger partial charge in [-0.25, -0.2) is 9.07 Å². The lowest BCUT2D eigenvalue weighted by molar-refractivity contribution is 0.208. The molecule has 0 N–H and O–H groups in total. The quantitative estimate of drug-likeness (QED) is 0.390. The molecule has 3 aromatic carbocycles. The molecule has 0 bridgehead atoms. The molecule has 1 aromatic heterocycles. The summed E-state index contributed by atoms with van der Waals surface area (Å²) in [5.41, 5.74) is 2.81. The van der Waals surface area contributed by atoms with Gasteiger partial charge in [-0.1, -0.05) is 72.8 Å². The summed E-state index contributed by atoms with van der Waals surface area (Å²) < 4.78 is 18.4. The normalized spacial score (nSPS) is 11.4. The number of halogens is 1. The molecule has 0 radical (unpaired) electrons. The maximum Gasteiger partial charge on any atom is 0.199 e. The van der Waals surface area contributed by atoms with Gasteiger partial charge in [0.05, 0.1) is 18.3 Å². The van der Waals surface area contributed by atoms with E-state index in [4.69, 9.17) is 12.2 Å². The molecule has 4 nitrogen and oxygen atoms in total. The van der Waals surface area contributed by atoms with Crippen LogP contribution in [0.4, 0.5) is 4.39 Å². The molecule has 0 aliphatic rings. The summed E-state index contributed by atoms with van der Waals surface area (Å²) in [6.07, 6.45) is 0. The molecule has 0 saturated carbocycles. The number of aromatic nitrogens is 3. The maximum atomic E-state index is 14.3. The third-order valence-electron chi connectivity index (χ3n) is 5.18. The molecule has 0 unspecified atom stereocenters. The predicted octanol–water partition coefficient (Wildman–Crippen LogP) is 5.44. The second-order valence-electron chi connectivity index (χ2n) is 7.27. The van der Waals surface area contributed by atoms with Crippen molar-refractivity contribution in [1.82, 2.24) is 19.2 Å². The molecule has 4 rings (SSSR count). The molecule has 152 valence electrons. The van der Waals surface area contributed by atoms with E-state index in [9.17, 15) is 4.39 Å². The predicted molar refractivity (Wildman–Crippen MR) is 120 cm³/mol. The molecule has 0 amide bonds. The Labute approximate surface area is 180 Å². The lowest BCUT2D eigenvalue weighted by Gasteiger charge is -2.28. The van der Waals surface area contributed by atoms with Crippen molar-refractivity contribution in [2.45, 2.75) is 12.7 Å². The minimum Gasteiger partial charge on any atom is -0.303 e. The third kappa shape index (κ3) is 3.97. The fourth-order valence-corrected chi connectivity index (χ4v) is 3.91. The summed E-state index contributed by atoms with van der Waals surface area (Å²) >= 11 is 5.61. The van der Waals surface area contributed by atoms with Crippen molar-refractivity contribution in [2.75, 3.05) is 7.05 Å². The third-order valence-corrected chi connectivity index (χ3v) is 5.67. The molecule has 0 atom stereocenters. The highest BCUT2D eigenvalue weighted by Crippen LogP contribution is 2.28. The van der Waals surface area contributed by atoms with E-state index < -0.39 is 0 Å². The summed E-state index contributed by atoms with van der Waals surface area (Å²) in [6, 6.07) is 27.3. The molecule has 0 fully saturated rings. The van der Waals surface area contributed by atoms with Crippen molar-refractivity contribution in [2.24, 2.45) is 7.05 Å². The van der Waals surface area contributed by atoms with Gasteiger partial charge in [0, 0.05) is 7.05 Å². The fourth-order valence-electron chi connectivity index (χ4n) is 3.72. The fraction of sp³-hybridized carbons (Fsp3) is 0.167. The topological polar surface area (TPSA) is 26.0 Å². The first-order valence-corrected chi connectivity index (χ1v) is 10.2. The molecule has 0 aliphatic heterocycles. The molecule has 30 heavy (non-hydrogen) atoms. The second-order valence-corrected chi connectivity index (χ2v) is 7.63. The summed E-state index contributed by atoms with van der Waals surface area (Å²) in [4.78, 5) is 2.19. The van der Waals surface area contributed by atoms with Gasteiger partial charge >= 0.3 is 0 Å².